The lowest BCUT2D eigenvalue weighted by atomic mass is 9.43. The first-order chi connectivity index (χ1) is 17.5. The number of pyridine rings is 1. The molecular formula is C29H35NO7. The van der Waals surface area contributed by atoms with Gasteiger partial charge < -0.3 is 18.6 Å². The molecule has 1 aliphatic heterocycles. The highest BCUT2D eigenvalue weighted by atomic mass is 16.6. The molecule has 37 heavy (non-hydrogen) atoms. The van der Waals surface area contributed by atoms with Crippen molar-refractivity contribution in [3.8, 4) is 17.1 Å². The minimum atomic E-state index is -0.555. The zero-order valence-electron chi connectivity index (χ0n) is 22.2. The van der Waals surface area contributed by atoms with Crippen LogP contribution in [0.25, 0.3) is 11.3 Å². The Labute approximate surface area is 216 Å². The van der Waals surface area contributed by atoms with Crippen LogP contribution >= 0.6 is 0 Å². The number of esters is 2. The molecule has 8 nitrogen and oxygen atoms in total. The van der Waals surface area contributed by atoms with Crippen molar-refractivity contribution in [2.45, 2.75) is 78.4 Å². The second kappa shape index (κ2) is 8.99. The van der Waals surface area contributed by atoms with E-state index in [1.54, 1.807) is 18.5 Å². The SMILES string of the molecule is CC(=O)OC[C@]1(C)[C@H]2CC[C@]3(C)Oc4cc(-c5cccnc5)oc(=O)c4CC3[C@]2(C)CC[C@H]1OC(C)=O. The third-order valence-corrected chi connectivity index (χ3v) is 9.34. The highest BCUT2D eigenvalue weighted by molar-refractivity contribution is 5.67. The summed E-state index contributed by atoms with van der Waals surface area (Å²) in [6.07, 6.45) is 6.57. The Balaban J connectivity index is 1.53. The van der Waals surface area contributed by atoms with E-state index in [-0.39, 0.29) is 47.5 Å². The molecule has 0 spiro atoms. The van der Waals surface area contributed by atoms with Crippen LogP contribution in [0.15, 0.2) is 39.8 Å². The van der Waals surface area contributed by atoms with Gasteiger partial charge in [-0.25, -0.2) is 4.79 Å². The topological polar surface area (TPSA) is 105 Å². The molecule has 2 saturated carbocycles. The van der Waals surface area contributed by atoms with Gasteiger partial charge in [0.25, 0.3) is 0 Å². The summed E-state index contributed by atoms with van der Waals surface area (Å²) >= 11 is 0. The summed E-state index contributed by atoms with van der Waals surface area (Å²) in [5.74, 6) is 0.463. The maximum Gasteiger partial charge on any atom is 0.343 e. The summed E-state index contributed by atoms with van der Waals surface area (Å²) < 4.78 is 23.8. The van der Waals surface area contributed by atoms with Gasteiger partial charge in [0.05, 0.1) is 5.56 Å². The quantitative estimate of drug-likeness (QED) is 0.545. The van der Waals surface area contributed by atoms with Gasteiger partial charge >= 0.3 is 17.6 Å². The lowest BCUT2D eigenvalue weighted by molar-refractivity contribution is -0.219. The predicted octanol–water partition coefficient (Wildman–Crippen LogP) is 4.72. The Bertz CT molecular complexity index is 1270. The standard InChI is InChI=1S/C29H35NO7/c1-17(31)34-16-28(4)23-8-11-29(5)24(27(23,3)10-9-25(28)35-18(2)32)13-20-22(37-29)14-21(36-26(20)33)19-7-6-12-30-15-19/h6-7,12,14-15,23-25H,8-11,13,16H2,1-5H3/t23-,24?,25+,27+,28+,29-/m0/s1. The van der Waals surface area contributed by atoms with E-state index in [1.807, 2.05) is 12.1 Å². The van der Waals surface area contributed by atoms with Crippen molar-refractivity contribution in [3.63, 3.8) is 0 Å². The Morgan fingerprint density at radius 3 is 2.57 bits per heavy atom. The number of carbonyl (C=O) groups is 2. The van der Waals surface area contributed by atoms with Crippen LogP contribution < -0.4 is 10.4 Å². The number of rotatable bonds is 4. The van der Waals surface area contributed by atoms with Crippen LogP contribution in [0.3, 0.4) is 0 Å². The summed E-state index contributed by atoms with van der Waals surface area (Å²) in [5, 5.41) is 0. The van der Waals surface area contributed by atoms with Crippen molar-refractivity contribution >= 4 is 11.9 Å². The molecule has 2 aromatic heterocycles. The molecule has 5 rings (SSSR count). The maximum atomic E-state index is 13.2. The van der Waals surface area contributed by atoms with E-state index in [1.165, 1.54) is 13.8 Å². The predicted molar refractivity (Wildman–Crippen MR) is 135 cm³/mol. The van der Waals surface area contributed by atoms with E-state index in [0.717, 1.165) is 24.8 Å². The second-order valence-corrected chi connectivity index (χ2v) is 11.7. The molecule has 1 unspecified atom stereocenters. The van der Waals surface area contributed by atoms with E-state index in [2.05, 4.69) is 25.8 Å². The van der Waals surface area contributed by atoms with Crippen molar-refractivity contribution in [2.75, 3.05) is 6.61 Å². The van der Waals surface area contributed by atoms with Crippen LogP contribution in [0.1, 0.15) is 65.9 Å². The molecule has 8 heteroatoms. The molecule has 2 fully saturated rings. The first-order valence-corrected chi connectivity index (χ1v) is 13.0. The van der Waals surface area contributed by atoms with Gasteiger partial charge in [0.1, 0.15) is 29.8 Å². The summed E-state index contributed by atoms with van der Waals surface area (Å²) in [7, 11) is 0. The van der Waals surface area contributed by atoms with Crippen LogP contribution in [0.5, 0.6) is 5.75 Å². The number of nitrogens with zero attached hydrogens (tertiary/aromatic N) is 1. The summed E-state index contributed by atoms with van der Waals surface area (Å²) in [4.78, 5) is 41.1. The molecule has 0 N–H and O–H groups in total. The summed E-state index contributed by atoms with van der Waals surface area (Å²) in [5.41, 5.74) is -0.375. The van der Waals surface area contributed by atoms with E-state index in [9.17, 15) is 14.4 Å². The van der Waals surface area contributed by atoms with Gasteiger partial charge in [0.2, 0.25) is 0 Å². The molecule has 0 radical (unpaired) electrons. The number of hydrogen-bond donors (Lipinski definition) is 0. The first kappa shape index (κ1) is 25.5. The van der Waals surface area contributed by atoms with Gasteiger partial charge in [-0.2, -0.15) is 0 Å². The molecule has 0 bridgehead atoms. The molecule has 6 atom stereocenters. The van der Waals surface area contributed by atoms with Crippen LogP contribution in [0.4, 0.5) is 0 Å². The van der Waals surface area contributed by atoms with Crippen LogP contribution in [0, 0.1) is 22.7 Å². The van der Waals surface area contributed by atoms with Gasteiger partial charge in [-0.05, 0) is 62.5 Å². The summed E-state index contributed by atoms with van der Waals surface area (Å²) in [6.45, 7) is 9.47. The smallest absolute Gasteiger partial charge is 0.343 e. The minimum absolute atomic E-state index is 0.0355. The summed E-state index contributed by atoms with van der Waals surface area (Å²) in [6, 6.07) is 5.46. The van der Waals surface area contributed by atoms with Gasteiger partial charge in [-0.1, -0.05) is 13.8 Å². The van der Waals surface area contributed by atoms with Crippen molar-refractivity contribution in [3.05, 3.63) is 46.6 Å². The molecule has 2 aliphatic carbocycles. The van der Waals surface area contributed by atoms with Crippen LogP contribution in [-0.2, 0) is 25.5 Å². The van der Waals surface area contributed by atoms with Crippen molar-refractivity contribution < 1.29 is 28.2 Å². The monoisotopic (exact) mass is 509 g/mol. The molecule has 0 amide bonds. The van der Waals surface area contributed by atoms with Crippen LogP contribution in [-0.4, -0.2) is 35.2 Å². The number of hydrogen-bond acceptors (Lipinski definition) is 8. The molecule has 3 heterocycles. The fourth-order valence-electron chi connectivity index (χ4n) is 7.60. The van der Waals surface area contributed by atoms with E-state index < -0.39 is 11.0 Å². The second-order valence-electron chi connectivity index (χ2n) is 11.7. The Morgan fingerprint density at radius 2 is 1.89 bits per heavy atom. The van der Waals surface area contributed by atoms with Gasteiger partial charge in [0.15, 0.2) is 0 Å². The lowest BCUT2D eigenvalue weighted by Crippen LogP contribution is -2.65. The number of ether oxygens (including phenoxy) is 3. The molecular weight excluding hydrogens is 474 g/mol. The fourth-order valence-corrected chi connectivity index (χ4v) is 7.60. The van der Waals surface area contributed by atoms with E-state index in [4.69, 9.17) is 18.6 Å². The maximum absolute atomic E-state index is 13.2. The van der Waals surface area contributed by atoms with Gasteiger partial charge in [-0.15, -0.1) is 0 Å². The average Bonchev–Trinajstić information content (AvgIpc) is 2.84. The highest BCUT2D eigenvalue weighted by Crippen LogP contribution is 2.65. The molecule has 3 aliphatic rings. The van der Waals surface area contributed by atoms with Crippen LogP contribution in [0.2, 0.25) is 0 Å². The first-order valence-electron chi connectivity index (χ1n) is 13.0. The zero-order chi connectivity index (χ0) is 26.6. The van der Waals surface area contributed by atoms with Gasteiger partial charge in [-0.3, -0.25) is 14.6 Å². The van der Waals surface area contributed by atoms with Crippen molar-refractivity contribution in [2.24, 2.45) is 22.7 Å². The Kier molecular flexibility index (Phi) is 6.20. The number of carbonyl (C=O) groups excluding carboxylic acids is 2. The zero-order valence-corrected chi connectivity index (χ0v) is 22.2. The fraction of sp³-hybridized carbons (Fsp3) is 0.586. The normalized spacial score (nSPS) is 34.2. The molecule has 2 aromatic rings. The van der Waals surface area contributed by atoms with E-state index in [0.29, 0.717) is 29.9 Å². The third-order valence-electron chi connectivity index (χ3n) is 9.34. The van der Waals surface area contributed by atoms with Crippen molar-refractivity contribution in [1.29, 1.82) is 0 Å². The Hall–Kier alpha value is -3.16. The van der Waals surface area contributed by atoms with Gasteiger partial charge in [0, 0.05) is 49.2 Å². The van der Waals surface area contributed by atoms with Crippen molar-refractivity contribution in [1.82, 2.24) is 4.98 Å². The highest BCUT2D eigenvalue weighted by Gasteiger charge is 2.65. The minimum Gasteiger partial charge on any atom is -0.487 e. The molecule has 0 saturated heterocycles. The number of aromatic nitrogens is 1. The lowest BCUT2D eigenvalue weighted by Gasteiger charge is -2.64. The Morgan fingerprint density at radius 1 is 1.11 bits per heavy atom. The van der Waals surface area contributed by atoms with E-state index >= 15 is 0 Å². The largest absolute Gasteiger partial charge is 0.487 e. The number of fused-ring (bicyclic) bond motifs is 4. The third kappa shape index (κ3) is 4.24. The molecule has 198 valence electrons. The average molecular weight is 510 g/mol. The molecule has 0 aromatic carbocycles.